The standard InChI is InChI=1S/C19H30N2O5/c1-14(11-20-18(23)26-19(2,3)4)12-21(13-24-5)16-9-7-8-15(10-16)17(22)25-6/h7-10,14H,11-13H2,1-6H3,(H,20,23)/t14-/m0/s1. The third kappa shape index (κ3) is 7.74. The smallest absolute Gasteiger partial charge is 0.407 e. The molecule has 1 atom stereocenters. The van der Waals surface area contributed by atoms with Crippen molar-refractivity contribution in [3.8, 4) is 0 Å². The highest BCUT2D eigenvalue weighted by molar-refractivity contribution is 5.90. The number of carbonyl (C=O) groups is 2. The maximum absolute atomic E-state index is 11.8. The Hall–Kier alpha value is -2.28. The van der Waals surface area contributed by atoms with Crippen molar-refractivity contribution >= 4 is 17.7 Å². The largest absolute Gasteiger partial charge is 0.465 e. The molecule has 146 valence electrons. The molecule has 0 fully saturated rings. The van der Waals surface area contributed by atoms with Gasteiger partial charge in [0.15, 0.2) is 0 Å². The predicted molar refractivity (Wildman–Crippen MR) is 100 cm³/mol. The minimum Gasteiger partial charge on any atom is -0.465 e. The number of anilines is 1. The molecular weight excluding hydrogens is 336 g/mol. The third-order valence-corrected chi connectivity index (χ3v) is 3.44. The van der Waals surface area contributed by atoms with Gasteiger partial charge in [-0.3, -0.25) is 0 Å². The van der Waals surface area contributed by atoms with Crippen molar-refractivity contribution in [3.05, 3.63) is 29.8 Å². The molecule has 1 amide bonds. The molecule has 1 rings (SSSR count). The number of nitrogens with one attached hydrogen (secondary N) is 1. The van der Waals surface area contributed by atoms with Crippen molar-refractivity contribution in [2.75, 3.05) is 38.9 Å². The average molecular weight is 366 g/mol. The Kier molecular flexibility index (Phi) is 8.38. The van der Waals surface area contributed by atoms with Crippen molar-refractivity contribution < 1.29 is 23.8 Å². The molecule has 0 aromatic heterocycles. The van der Waals surface area contributed by atoms with E-state index in [1.165, 1.54) is 7.11 Å². The van der Waals surface area contributed by atoms with Gasteiger partial charge in [-0.1, -0.05) is 13.0 Å². The Morgan fingerprint density at radius 3 is 2.50 bits per heavy atom. The topological polar surface area (TPSA) is 77.1 Å². The Labute approximate surface area is 155 Å². The zero-order chi connectivity index (χ0) is 19.7. The monoisotopic (exact) mass is 366 g/mol. The Morgan fingerprint density at radius 1 is 1.23 bits per heavy atom. The number of benzene rings is 1. The highest BCUT2D eigenvalue weighted by Gasteiger charge is 2.18. The Balaban J connectivity index is 2.70. The summed E-state index contributed by atoms with van der Waals surface area (Å²) in [5.74, 6) is -0.247. The van der Waals surface area contributed by atoms with Crippen LogP contribution in [0.2, 0.25) is 0 Å². The number of carbonyl (C=O) groups excluding carboxylic acids is 2. The quantitative estimate of drug-likeness (QED) is 0.563. The molecule has 0 aliphatic carbocycles. The molecule has 7 nitrogen and oxygen atoms in total. The SMILES string of the molecule is COCN(C[C@@H](C)CNC(=O)OC(C)(C)C)c1cccc(C(=O)OC)c1. The van der Waals surface area contributed by atoms with E-state index in [0.717, 1.165) is 5.69 Å². The first-order valence-electron chi connectivity index (χ1n) is 8.55. The summed E-state index contributed by atoms with van der Waals surface area (Å²) in [4.78, 5) is 25.5. The molecule has 0 saturated heterocycles. The zero-order valence-corrected chi connectivity index (χ0v) is 16.5. The fourth-order valence-corrected chi connectivity index (χ4v) is 2.35. The molecule has 1 aromatic carbocycles. The first-order valence-corrected chi connectivity index (χ1v) is 8.55. The summed E-state index contributed by atoms with van der Waals surface area (Å²) in [5, 5.41) is 2.77. The van der Waals surface area contributed by atoms with Crippen LogP contribution in [0.4, 0.5) is 10.5 Å². The van der Waals surface area contributed by atoms with Crippen molar-refractivity contribution in [2.24, 2.45) is 5.92 Å². The van der Waals surface area contributed by atoms with Gasteiger partial charge in [-0.2, -0.15) is 0 Å². The van der Waals surface area contributed by atoms with Gasteiger partial charge in [0.1, 0.15) is 12.3 Å². The average Bonchev–Trinajstić information content (AvgIpc) is 2.57. The lowest BCUT2D eigenvalue weighted by Gasteiger charge is -2.28. The van der Waals surface area contributed by atoms with Crippen LogP contribution in [-0.2, 0) is 14.2 Å². The van der Waals surface area contributed by atoms with E-state index >= 15 is 0 Å². The van der Waals surface area contributed by atoms with Crippen molar-refractivity contribution in [3.63, 3.8) is 0 Å². The number of nitrogens with zero attached hydrogens (tertiary/aromatic N) is 1. The lowest BCUT2D eigenvalue weighted by molar-refractivity contribution is 0.0519. The van der Waals surface area contributed by atoms with Crippen LogP contribution in [0.25, 0.3) is 0 Å². The molecule has 1 aromatic rings. The summed E-state index contributed by atoms with van der Waals surface area (Å²) in [6.45, 7) is 8.95. The van der Waals surface area contributed by atoms with Gasteiger partial charge in [-0.05, 0) is 44.9 Å². The fraction of sp³-hybridized carbons (Fsp3) is 0.579. The molecule has 0 aliphatic rings. The van der Waals surface area contributed by atoms with Crippen LogP contribution in [0.5, 0.6) is 0 Å². The molecule has 0 bridgehead atoms. The van der Waals surface area contributed by atoms with Crippen molar-refractivity contribution in [1.82, 2.24) is 5.32 Å². The zero-order valence-electron chi connectivity index (χ0n) is 16.5. The summed E-state index contributed by atoms with van der Waals surface area (Å²) in [5.41, 5.74) is 0.800. The van der Waals surface area contributed by atoms with Crippen LogP contribution >= 0.6 is 0 Å². The minimum atomic E-state index is -0.524. The van der Waals surface area contributed by atoms with Gasteiger partial charge in [0.05, 0.1) is 12.7 Å². The maximum atomic E-state index is 11.8. The highest BCUT2D eigenvalue weighted by atomic mass is 16.6. The number of rotatable bonds is 8. The molecule has 0 heterocycles. The second kappa shape index (κ2) is 10.0. The number of hydrogen-bond donors (Lipinski definition) is 1. The van der Waals surface area contributed by atoms with Gasteiger partial charge in [-0.15, -0.1) is 0 Å². The van der Waals surface area contributed by atoms with E-state index in [-0.39, 0.29) is 11.9 Å². The number of ether oxygens (including phenoxy) is 3. The molecule has 0 unspecified atom stereocenters. The van der Waals surface area contributed by atoms with Gasteiger partial charge in [0, 0.05) is 25.9 Å². The van der Waals surface area contributed by atoms with Crippen molar-refractivity contribution in [2.45, 2.75) is 33.3 Å². The number of esters is 1. The van der Waals surface area contributed by atoms with Gasteiger partial charge in [0.2, 0.25) is 0 Å². The van der Waals surface area contributed by atoms with E-state index in [9.17, 15) is 9.59 Å². The number of hydrogen-bond acceptors (Lipinski definition) is 6. The Morgan fingerprint density at radius 2 is 1.92 bits per heavy atom. The number of methoxy groups -OCH3 is 2. The lowest BCUT2D eigenvalue weighted by Crippen LogP contribution is -2.38. The van der Waals surface area contributed by atoms with E-state index in [4.69, 9.17) is 14.2 Å². The van der Waals surface area contributed by atoms with E-state index in [1.54, 1.807) is 25.3 Å². The molecule has 1 N–H and O–H groups in total. The molecule has 0 saturated carbocycles. The second-order valence-electron chi connectivity index (χ2n) is 7.17. The van der Waals surface area contributed by atoms with Crippen molar-refractivity contribution in [1.29, 1.82) is 0 Å². The van der Waals surface area contributed by atoms with Gasteiger partial charge >= 0.3 is 12.1 Å². The first-order chi connectivity index (χ1) is 12.2. The van der Waals surface area contributed by atoms with E-state index in [2.05, 4.69) is 5.32 Å². The maximum Gasteiger partial charge on any atom is 0.407 e. The fourth-order valence-electron chi connectivity index (χ4n) is 2.35. The molecule has 7 heteroatoms. The Bertz CT molecular complexity index is 598. The molecular formula is C19H30N2O5. The lowest BCUT2D eigenvalue weighted by atomic mass is 10.1. The molecule has 26 heavy (non-hydrogen) atoms. The minimum absolute atomic E-state index is 0.138. The van der Waals surface area contributed by atoms with Gasteiger partial charge < -0.3 is 24.4 Å². The van der Waals surface area contributed by atoms with Crippen LogP contribution in [0.3, 0.4) is 0 Å². The van der Waals surface area contributed by atoms with Crippen LogP contribution in [-0.4, -0.2) is 51.7 Å². The summed E-state index contributed by atoms with van der Waals surface area (Å²) < 4.78 is 15.3. The predicted octanol–water partition coefficient (Wildman–Crippen LogP) is 3.04. The van der Waals surface area contributed by atoms with E-state index < -0.39 is 11.7 Å². The van der Waals surface area contributed by atoms with E-state index in [1.807, 2.05) is 38.7 Å². The molecule has 0 radical (unpaired) electrons. The van der Waals surface area contributed by atoms with Gasteiger partial charge in [0.25, 0.3) is 0 Å². The van der Waals surface area contributed by atoms with Crippen LogP contribution in [0.15, 0.2) is 24.3 Å². The van der Waals surface area contributed by atoms with Gasteiger partial charge in [-0.25, -0.2) is 9.59 Å². The molecule has 0 aliphatic heterocycles. The first kappa shape index (κ1) is 21.8. The number of alkyl carbamates (subject to hydrolysis) is 1. The van der Waals surface area contributed by atoms with Crippen LogP contribution in [0.1, 0.15) is 38.1 Å². The molecule has 0 spiro atoms. The normalized spacial score (nSPS) is 12.2. The highest BCUT2D eigenvalue weighted by Crippen LogP contribution is 2.18. The third-order valence-electron chi connectivity index (χ3n) is 3.44. The summed E-state index contributed by atoms with van der Waals surface area (Å²) in [6, 6.07) is 7.17. The summed E-state index contributed by atoms with van der Waals surface area (Å²) in [6.07, 6.45) is -0.435. The summed E-state index contributed by atoms with van der Waals surface area (Å²) in [7, 11) is 2.97. The van der Waals surface area contributed by atoms with Crippen LogP contribution in [0, 0.1) is 5.92 Å². The van der Waals surface area contributed by atoms with Crippen LogP contribution < -0.4 is 10.2 Å². The number of amides is 1. The second-order valence-corrected chi connectivity index (χ2v) is 7.17. The van der Waals surface area contributed by atoms with E-state index in [0.29, 0.717) is 25.4 Å². The summed E-state index contributed by atoms with van der Waals surface area (Å²) >= 11 is 0.